The minimum atomic E-state index is 0.855. The molecule has 0 aliphatic carbocycles. The van der Waals surface area contributed by atoms with E-state index in [9.17, 15) is 0 Å². The fourth-order valence-electron chi connectivity index (χ4n) is 0.493. The summed E-state index contributed by atoms with van der Waals surface area (Å²) in [6.45, 7) is 8.86. The van der Waals surface area contributed by atoms with E-state index in [0.717, 1.165) is 32.7 Å². The maximum atomic E-state index is 4.98. The van der Waals surface area contributed by atoms with Crippen LogP contribution in [0.1, 0.15) is 33.6 Å². The molecule has 0 aromatic rings. The number of rotatable bonds is 5. The molecule has 0 aromatic heterocycles. The van der Waals surface area contributed by atoms with Crippen molar-refractivity contribution < 1.29 is 9.47 Å². The molecule has 0 saturated carbocycles. The van der Waals surface area contributed by atoms with Crippen LogP contribution in [0.25, 0.3) is 0 Å². The molecule has 11 heavy (non-hydrogen) atoms. The summed E-state index contributed by atoms with van der Waals surface area (Å²) >= 11 is 0. The van der Waals surface area contributed by atoms with Gasteiger partial charge in [-0.25, -0.2) is 0 Å². The molecule has 2 heteroatoms. The normalized spacial score (nSPS) is 8.73. The van der Waals surface area contributed by atoms with E-state index in [1.807, 2.05) is 6.92 Å². The summed E-state index contributed by atoms with van der Waals surface area (Å²) in [6.07, 6.45) is 2.25. The first-order valence-corrected chi connectivity index (χ1v) is 4.40. The van der Waals surface area contributed by atoms with Crippen molar-refractivity contribution in [2.45, 2.75) is 33.6 Å². The predicted octanol–water partition coefficient (Wildman–Crippen LogP) is 2.48. The van der Waals surface area contributed by atoms with Gasteiger partial charge in [-0.3, -0.25) is 0 Å². The van der Waals surface area contributed by atoms with Crippen LogP contribution in [0.15, 0.2) is 0 Å². The Balaban J connectivity index is 0. The molecule has 0 fully saturated rings. The Labute approximate surface area is 70.9 Å². The van der Waals surface area contributed by atoms with Gasteiger partial charge in [0.1, 0.15) is 0 Å². The van der Waals surface area contributed by atoms with Gasteiger partial charge in [0.2, 0.25) is 0 Å². The van der Waals surface area contributed by atoms with Crippen LogP contribution in [0.5, 0.6) is 0 Å². The van der Waals surface area contributed by atoms with E-state index in [4.69, 9.17) is 9.47 Å². The van der Waals surface area contributed by atoms with Crippen molar-refractivity contribution in [3.63, 3.8) is 0 Å². The van der Waals surface area contributed by atoms with Gasteiger partial charge in [0.25, 0.3) is 0 Å². The van der Waals surface area contributed by atoms with Crippen LogP contribution in [0, 0.1) is 0 Å². The lowest BCUT2D eigenvalue weighted by Gasteiger charge is -1.91. The van der Waals surface area contributed by atoms with Crippen molar-refractivity contribution in [3.05, 3.63) is 0 Å². The zero-order valence-electron chi connectivity index (χ0n) is 8.35. The molecule has 0 unspecified atom stereocenters. The van der Waals surface area contributed by atoms with Crippen molar-refractivity contribution in [1.29, 1.82) is 0 Å². The van der Waals surface area contributed by atoms with E-state index in [1.165, 1.54) is 0 Å². The molecule has 0 N–H and O–H groups in total. The fraction of sp³-hybridized carbons (Fsp3) is 1.00. The maximum absolute atomic E-state index is 4.98. The van der Waals surface area contributed by atoms with Crippen LogP contribution < -0.4 is 0 Å². The lowest BCUT2D eigenvalue weighted by Crippen LogP contribution is -1.88. The number of hydrogen-bond acceptors (Lipinski definition) is 2. The number of ether oxygens (including phenoxy) is 2. The molecule has 0 atom stereocenters. The molecular weight excluding hydrogens is 140 g/mol. The molecule has 0 aliphatic heterocycles. The molecule has 0 amide bonds. The van der Waals surface area contributed by atoms with Gasteiger partial charge in [0, 0.05) is 26.9 Å². The second-order valence-electron chi connectivity index (χ2n) is 2.19. The Morgan fingerprint density at radius 2 is 1.45 bits per heavy atom. The average Bonchev–Trinajstić information content (AvgIpc) is 2.04. The highest BCUT2D eigenvalue weighted by atomic mass is 16.5. The molecule has 0 saturated heterocycles. The van der Waals surface area contributed by atoms with E-state index in [1.54, 1.807) is 7.11 Å². The molecular formula is C9H22O2. The van der Waals surface area contributed by atoms with Crippen LogP contribution in [0.2, 0.25) is 0 Å². The molecule has 0 aliphatic rings. The Morgan fingerprint density at radius 3 is 1.55 bits per heavy atom. The Morgan fingerprint density at radius 1 is 0.909 bits per heavy atom. The Kier molecular flexibility index (Phi) is 20.2. The van der Waals surface area contributed by atoms with Crippen molar-refractivity contribution in [2.75, 3.05) is 26.9 Å². The van der Waals surface area contributed by atoms with Crippen molar-refractivity contribution >= 4 is 0 Å². The second-order valence-corrected chi connectivity index (χ2v) is 2.19. The standard InChI is InChI=1S/C5H12O.C4H10O/c1-3-5-6-4-2;1-3-4-5-2/h3-5H2,1-2H3;3-4H2,1-2H3. The Hall–Kier alpha value is -0.0800. The summed E-state index contributed by atoms with van der Waals surface area (Å²) in [5, 5.41) is 0. The van der Waals surface area contributed by atoms with Gasteiger partial charge in [-0.1, -0.05) is 13.8 Å². The predicted molar refractivity (Wildman–Crippen MR) is 49.0 cm³/mol. The first kappa shape index (κ1) is 13.5. The zero-order valence-corrected chi connectivity index (χ0v) is 8.35. The van der Waals surface area contributed by atoms with Gasteiger partial charge in [-0.2, -0.15) is 0 Å². The molecule has 0 bridgehead atoms. The van der Waals surface area contributed by atoms with Crippen LogP contribution in [0.4, 0.5) is 0 Å². The van der Waals surface area contributed by atoms with Gasteiger partial charge >= 0.3 is 0 Å². The fourth-order valence-corrected chi connectivity index (χ4v) is 0.493. The topological polar surface area (TPSA) is 18.5 Å². The van der Waals surface area contributed by atoms with Crippen molar-refractivity contribution in [2.24, 2.45) is 0 Å². The van der Waals surface area contributed by atoms with Gasteiger partial charge in [-0.15, -0.1) is 0 Å². The minimum absolute atomic E-state index is 0.855. The van der Waals surface area contributed by atoms with E-state index in [0.29, 0.717) is 0 Å². The highest BCUT2D eigenvalue weighted by Crippen LogP contribution is 1.75. The molecule has 0 aromatic carbocycles. The van der Waals surface area contributed by atoms with Crippen LogP contribution in [0.3, 0.4) is 0 Å². The van der Waals surface area contributed by atoms with Crippen LogP contribution in [-0.4, -0.2) is 26.9 Å². The molecule has 0 radical (unpaired) electrons. The first-order valence-electron chi connectivity index (χ1n) is 4.40. The molecule has 0 spiro atoms. The summed E-state index contributed by atoms with van der Waals surface area (Å²) in [5.41, 5.74) is 0. The molecule has 70 valence electrons. The van der Waals surface area contributed by atoms with E-state index in [-0.39, 0.29) is 0 Å². The molecule has 0 heterocycles. The second kappa shape index (κ2) is 16.5. The summed E-state index contributed by atoms with van der Waals surface area (Å²) in [6, 6.07) is 0. The number of methoxy groups -OCH3 is 1. The van der Waals surface area contributed by atoms with Gasteiger partial charge in [0.15, 0.2) is 0 Å². The van der Waals surface area contributed by atoms with Gasteiger partial charge in [-0.05, 0) is 19.8 Å². The number of hydrogen-bond donors (Lipinski definition) is 0. The summed E-state index contributed by atoms with van der Waals surface area (Å²) < 4.78 is 9.67. The zero-order chi connectivity index (χ0) is 8.95. The third kappa shape index (κ3) is 25.7. The largest absolute Gasteiger partial charge is 0.385 e. The van der Waals surface area contributed by atoms with Crippen LogP contribution in [-0.2, 0) is 9.47 Å². The monoisotopic (exact) mass is 162 g/mol. The summed E-state index contributed by atoms with van der Waals surface area (Å²) in [5.74, 6) is 0. The SMILES string of the molecule is CCCOC.CCCOCC. The quantitative estimate of drug-likeness (QED) is 0.578. The Bertz CT molecular complexity index is 40.8. The van der Waals surface area contributed by atoms with E-state index < -0.39 is 0 Å². The lowest BCUT2D eigenvalue weighted by atomic mass is 10.5. The minimum Gasteiger partial charge on any atom is -0.385 e. The van der Waals surface area contributed by atoms with E-state index >= 15 is 0 Å². The van der Waals surface area contributed by atoms with E-state index in [2.05, 4.69) is 13.8 Å². The average molecular weight is 162 g/mol. The molecule has 2 nitrogen and oxygen atoms in total. The maximum Gasteiger partial charge on any atom is 0.0463 e. The highest BCUT2D eigenvalue weighted by Gasteiger charge is 1.72. The van der Waals surface area contributed by atoms with Crippen LogP contribution >= 0.6 is 0 Å². The third-order valence-corrected chi connectivity index (χ3v) is 0.961. The summed E-state index contributed by atoms with van der Waals surface area (Å²) in [4.78, 5) is 0. The van der Waals surface area contributed by atoms with Gasteiger partial charge in [0.05, 0.1) is 0 Å². The summed E-state index contributed by atoms with van der Waals surface area (Å²) in [7, 11) is 1.71. The third-order valence-electron chi connectivity index (χ3n) is 0.961. The van der Waals surface area contributed by atoms with Crippen molar-refractivity contribution in [1.82, 2.24) is 0 Å². The lowest BCUT2D eigenvalue weighted by molar-refractivity contribution is 0.148. The van der Waals surface area contributed by atoms with Gasteiger partial charge < -0.3 is 9.47 Å². The van der Waals surface area contributed by atoms with Crippen molar-refractivity contribution in [3.8, 4) is 0 Å². The smallest absolute Gasteiger partial charge is 0.0463 e. The molecule has 0 rings (SSSR count). The highest BCUT2D eigenvalue weighted by molar-refractivity contribution is 4.19. The first-order chi connectivity index (χ1) is 5.33.